The van der Waals surface area contributed by atoms with Gasteiger partial charge in [-0.05, 0) is 86.5 Å². The third-order valence-electron chi connectivity index (χ3n) is 6.82. The van der Waals surface area contributed by atoms with E-state index in [1.54, 1.807) is 0 Å². The molecule has 2 heterocycles. The minimum atomic E-state index is 0. The molecular weight excluding hydrogens is 514 g/mol. The molecule has 0 bridgehead atoms. The van der Waals surface area contributed by atoms with E-state index >= 15 is 0 Å². The van der Waals surface area contributed by atoms with Crippen molar-refractivity contribution in [2.45, 2.75) is 185 Å². The van der Waals surface area contributed by atoms with E-state index in [4.69, 9.17) is 9.47 Å². The average molecular weight is 588 g/mol. The highest BCUT2D eigenvalue weighted by Gasteiger charge is 2.21. The zero-order chi connectivity index (χ0) is 31.1. The van der Waals surface area contributed by atoms with Gasteiger partial charge in [-0.3, -0.25) is 9.59 Å². The summed E-state index contributed by atoms with van der Waals surface area (Å²) in [4.78, 5) is 26.0. The summed E-state index contributed by atoms with van der Waals surface area (Å²) >= 11 is 0. The minimum absolute atomic E-state index is 0. The molecule has 248 valence electrons. The molecule has 7 nitrogen and oxygen atoms in total. The molecule has 0 aromatic rings. The van der Waals surface area contributed by atoms with Crippen molar-refractivity contribution in [1.82, 2.24) is 15.1 Å². The quantitative estimate of drug-likeness (QED) is 0.343. The molecule has 7 heteroatoms. The zero-order valence-corrected chi connectivity index (χ0v) is 28.7. The highest BCUT2D eigenvalue weighted by atomic mass is 16.5. The number of likely N-dealkylation sites (tertiary alicyclic amines) is 1. The summed E-state index contributed by atoms with van der Waals surface area (Å²) in [6, 6.07) is 2.25. The van der Waals surface area contributed by atoms with Gasteiger partial charge < -0.3 is 24.6 Å². The van der Waals surface area contributed by atoms with E-state index in [1.165, 1.54) is 44.9 Å². The van der Waals surface area contributed by atoms with Gasteiger partial charge in [0.15, 0.2) is 0 Å². The molecule has 0 atom stereocenters. The van der Waals surface area contributed by atoms with Crippen molar-refractivity contribution in [2.24, 2.45) is 0 Å². The molecule has 0 unspecified atom stereocenters. The molecule has 0 aromatic carbocycles. The Labute approximate surface area is 256 Å². The van der Waals surface area contributed by atoms with Crippen LogP contribution >= 0.6 is 0 Å². The molecule has 2 aliphatic carbocycles. The van der Waals surface area contributed by atoms with Crippen molar-refractivity contribution in [1.29, 1.82) is 0 Å². The normalized spacial score (nSPS) is 18.5. The lowest BCUT2D eigenvalue weighted by molar-refractivity contribution is -0.144. The summed E-state index contributed by atoms with van der Waals surface area (Å²) in [5.74, 6) is 0.447. The Hall–Kier alpha value is -1.18. The van der Waals surface area contributed by atoms with Crippen LogP contribution in [0, 0.1) is 0 Å². The number of carbonyl (C=O) groups is 2. The van der Waals surface area contributed by atoms with Crippen LogP contribution in [0.2, 0.25) is 0 Å². The minimum Gasteiger partial charge on any atom is -0.376 e. The van der Waals surface area contributed by atoms with Crippen molar-refractivity contribution >= 4 is 11.8 Å². The van der Waals surface area contributed by atoms with Crippen molar-refractivity contribution in [3.05, 3.63) is 0 Å². The van der Waals surface area contributed by atoms with Gasteiger partial charge >= 0.3 is 0 Å². The van der Waals surface area contributed by atoms with Crippen LogP contribution < -0.4 is 5.32 Å². The highest BCUT2D eigenvalue weighted by Crippen LogP contribution is 2.22. The van der Waals surface area contributed by atoms with Gasteiger partial charge in [0.05, 0.1) is 18.8 Å². The summed E-state index contributed by atoms with van der Waals surface area (Å²) in [6.07, 6.45) is 12.3. The number of hydrogen-bond donors (Lipinski definition) is 1. The Morgan fingerprint density at radius 3 is 1.49 bits per heavy atom. The number of amides is 2. The lowest BCUT2D eigenvalue weighted by atomic mass is 9.93. The Morgan fingerprint density at radius 2 is 1.24 bits per heavy atom. The first-order valence-electron chi connectivity index (χ1n) is 16.6. The number of ether oxygens (including phenoxy) is 2. The topological polar surface area (TPSA) is 71.1 Å². The van der Waals surface area contributed by atoms with Gasteiger partial charge in [0, 0.05) is 43.7 Å². The van der Waals surface area contributed by atoms with Gasteiger partial charge in [0.25, 0.3) is 0 Å². The average Bonchev–Trinajstić information content (AvgIpc) is 2.87. The molecule has 41 heavy (non-hydrogen) atoms. The smallest absolute Gasteiger partial charge is 0.248 e. The predicted octanol–water partition coefficient (Wildman–Crippen LogP) is 7.85. The van der Waals surface area contributed by atoms with Crippen LogP contribution in [0.1, 0.15) is 148 Å². The van der Waals surface area contributed by atoms with E-state index in [0.717, 1.165) is 32.0 Å². The van der Waals surface area contributed by atoms with E-state index in [2.05, 4.69) is 46.9 Å². The standard InChI is InChI=1S/C8H15NO.C7H13NO2.C7H15N.C7H14O.2C2H6.CH4/c1-7(2)9-6-4-3-5-8(9)10;1-6(2)8-3-4-10-5-7(8)9;2*1-6(2)8-7-4-3-5-7;2*1-2;/h7H,3-6H2,1-2H3;6H,3-5H2,1-2H3;6-8H,3-5H2,1-2H3;6-7H,3-5H2,1-2H3;2*1-2H3;1H4. The first-order valence-corrected chi connectivity index (χ1v) is 16.6. The molecule has 4 fully saturated rings. The van der Waals surface area contributed by atoms with Crippen LogP contribution in [0.25, 0.3) is 0 Å². The van der Waals surface area contributed by atoms with E-state index in [0.29, 0.717) is 42.8 Å². The molecule has 0 spiro atoms. The van der Waals surface area contributed by atoms with Crippen molar-refractivity contribution in [3.63, 3.8) is 0 Å². The maximum absolute atomic E-state index is 11.2. The number of hydrogen-bond acceptors (Lipinski definition) is 5. The fraction of sp³-hybridized carbons (Fsp3) is 0.941. The molecule has 0 radical (unpaired) electrons. The number of nitrogens with zero attached hydrogens (tertiary/aromatic N) is 2. The second-order valence-corrected chi connectivity index (χ2v) is 11.6. The second-order valence-electron chi connectivity index (χ2n) is 11.6. The van der Waals surface area contributed by atoms with Crippen LogP contribution in [0.15, 0.2) is 0 Å². The third-order valence-corrected chi connectivity index (χ3v) is 6.82. The van der Waals surface area contributed by atoms with E-state index in [1.807, 2.05) is 51.3 Å². The summed E-state index contributed by atoms with van der Waals surface area (Å²) in [6.45, 7) is 27.4. The molecular formula is C34H73N3O4. The monoisotopic (exact) mass is 588 g/mol. The van der Waals surface area contributed by atoms with E-state index in [9.17, 15) is 9.59 Å². The number of rotatable bonds is 6. The molecule has 1 N–H and O–H groups in total. The molecule has 4 aliphatic rings. The van der Waals surface area contributed by atoms with Gasteiger partial charge in [0.1, 0.15) is 6.61 Å². The Bertz CT molecular complexity index is 551. The summed E-state index contributed by atoms with van der Waals surface area (Å²) in [5, 5.41) is 3.48. The Kier molecular flexibility index (Phi) is 29.8. The van der Waals surface area contributed by atoms with Crippen LogP contribution in [-0.2, 0) is 19.1 Å². The van der Waals surface area contributed by atoms with Gasteiger partial charge in [-0.1, -0.05) is 55.4 Å². The molecule has 2 saturated carbocycles. The van der Waals surface area contributed by atoms with Crippen molar-refractivity contribution in [3.8, 4) is 0 Å². The summed E-state index contributed by atoms with van der Waals surface area (Å²) < 4.78 is 10.5. The van der Waals surface area contributed by atoms with Crippen molar-refractivity contribution < 1.29 is 19.1 Å². The van der Waals surface area contributed by atoms with Gasteiger partial charge in [-0.15, -0.1) is 0 Å². The molecule has 4 rings (SSSR count). The maximum atomic E-state index is 11.2. The van der Waals surface area contributed by atoms with Gasteiger partial charge in [-0.2, -0.15) is 0 Å². The molecule has 2 amide bonds. The fourth-order valence-corrected chi connectivity index (χ4v) is 4.39. The first kappa shape index (κ1) is 44.3. The number of morpholine rings is 1. The predicted molar refractivity (Wildman–Crippen MR) is 178 cm³/mol. The van der Waals surface area contributed by atoms with Crippen LogP contribution in [-0.4, -0.2) is 84.3 Å². The SMILES string of the molecule is C.CC.CC.CC(C)N1CCCCC1=O.CC(C)N1CCOCC1=O.CC(C)NC1CCC1.CC(C)OC1CCC1. The first-order chi connectivity index (χ1) is 19.0. The lowest BCUT2D eigenvalue weighted by Crippen LogP contribution is -2.45. The molecule has 0 aromatic heterocycles. The second kappa shape index (κ2) is 27.6. The van der Waals surface area contributed by atoms with Crippen LogP contribution in [0.4, 0.5) is 0 Å². The molecule has 2 saturated heterocycles. The highest BCUT2D eigenvalue weighted by molar-refractivity contribution is 5.78. The largest absolute Gasteiger partial charge is 0.376 e. The van der Waals surface area contributed by atoms with E-state index in [-0.39, 0.29) is 19.9 Å². The summed E-state index contributed by atoms with van der Waals surface area (Å²) in [5.41, 5.74) is 0. The van der Waals surface area contributed by atoms with E-state index < -0.39 is 0 Å². The Balaban J connectivity index is -0.000000449. The zero-order valence-electron chi connectivity index (χ0n) is 28.7. The number of carbonyl (C=O) groups excluding carboxylic acids is 2. The number of piperidine rings is 1. The lowest BCUT2D eigenvalue weighted by Gasteiger charge is -2.30. The Morgan fingerprint density at radius 1 is 0.732 bits per heavy atom. The van der Waals surface area contributed by atoms with Gasteiger partial charge in [0.2, 0.25) is 11.8 Å². The summed E-state index contributed by atoms with van der Waals surface area (Å²) in [7, 11) is 0. The van der Waals surface area contributed by atoms with Crippen LogP contribution in [0.3, 0.4) is 0 Å². The fourth-order valence-electron chi connectivity index (χ4n) is 4.39. The number of nitrogens with one attached hydrogen (secondary N) is 1. The van der Waals surface area contributed by atoms with Crippen molar-refractivity contribution in [2.75, 3.05) is 26.3 Å². The maximum Gasteiger partial charge on any atom is 0.248 e. The third kappa shape index (κ3) is 22.1. The van der Waals surface area contributed by atoms with Crippen LogP contribution in [0.5, 0.6) is 0 Å². The molecule has 2 aliphatic heterocycles. The van der Waals surface area contributed by atoms with Gasteiger partial charge in [-0.25, -0.2) is 0 Å².